The smallest absolute Gasteiger partial charge is 0.243 e. The maximum absolute atomic E-state index is 14.0. The number of carbonyl (C=O) groups excluding carboxylic acids is 2. The Balaban J connectivity index is 1.53. The first-order chi connectivity index (χ1) is 21.8. The molecule has 1 heterocycles. The Morgan fingerprint density at radius 1 is 0.911 bits per heavy atom. The molecule has 1 aliphatic rings. The van der Waals surface area contributed by atoms with Gasteiger partial charge in [0.15, 0.2) is 0 Å². The Morgan fingerprint density at radius 3 is 2.22 bits per heavy atom. The zero-order valence-electron chi connectivity index (χ0n) is 26.3. The van der Waals surface area contributed by atoms with Gasteiger partial charge in [0.05, 0.1) is 12.0 Å². The highest BCUT2D eigenvalue weighted by Crippen LogP contribution is 2.22. The molecule has 3 aromatic carbocycles. The summed E-state index contributed by atoms with van der Waals surface area (Å²) in [4.78, 5) is 29.6. The van der Waals surface area contributed by atoms with Crippen LogP contribution in [0, 0.1) is 0 Å². The van der Waals surface area contributed by atoms with Crippen molar-refractivity contribution in [3.63, 3.8) is 0 Å². The molecule has 0 saturated carbocycles. The predicted molar refractivity (Wildman–Crippen MR) is 174 cm³/mol. The van der Waals surface area contributed by atoms with E-state index in [-0.39, 0.29) is 29.7 Å². The van der Waals surface area contributed by atoms with Crippen LogP contribution in [-0.4, -0.2) is 75.4 Å². The molecule has 1 N–H and O–H groups in total. The fourth-order valence-electron chi connectivity index (χ4n) is 5.43. The molecule has 1 atom stereocenters. The van der Waals surface area contributed by atoms with Gasteiger partial charge in [-0.15, -0.1) is 0 Å². The molecule has 9 nitrogen and oxygen atoms in total. The van der Waals surface area contributed by atoms with Gasteiger partial charge in [0.25, 0.3) is 0 Å². The third-order valence-corrected chi connectivity index (χ3v) is 9.92. The lowest BCUT2D eigenvalue weighted by atomic mass is 10.0. The van der Waals surface area contributed by atoms with E-state index in [4.69, 9.17) is 9.47 Å². The highest BCUT2D eigenvalue weighted by molar-refractivity contribution is 7.89. The molecule has 2 amide bonds. The van der Waals surface area contributed by atoms with Crippen LogP contribution in [0.2, 0.25) is 0 Å². The molecule has 1 saturated heterocycles. The van der Waals surface area contributed by atoms with Crippen molar-refractivity contribution in [1.82, 2.24) is 14.5 Å². The van der Waals surface area contributed by atoms with Crippen molar-refractivity contribution in [1.29, 1.82) is 0 Å². The number of carbonyl (C=O) groups is 2. The Bertz CT molecular complexity index is 1460. The number of sulfonamides is 1. The molecule has 242 valence electrons. The predicted octanol–water partition coefficient (Wildman–Crippen LogP) is 4.60. The minimum absolute atomic E-state index is 0.162. The molecule has 0 radical (unpaired) electrons. The second-order valence-electron chi connectivity index (χ2n) is 11.2. The molecular weight excluding hydrogens is 590 g/mol. The normalized spacial score (nSPS) is 14.2. The number of methoxy groups -OCH3 is 1. The zero-order chi connectivity index (χ0) is 32.1. The number of hydrogen-bond donors (Lipinski definition) is 1. The highest BCUT2D eigenvalue weighted by Gasteiger charge is 2.30. The van der Waals surface area contributed by atoms with Gasteiger partial charge in [-0.3, -0.25) is 9.59 Å². The van der Waals surface area contributed by atoms with Gasteiger partial charge in [-0.25, -0.2) is 8.42 Å². The fraction of sp³-hybridized carbons (Fsp3) is 0.429. The molecule has 0 unspecified atom stereocenters. The van der Waals surface area contributed by atoms with Crippen LogP contribution >= 0.6 is 0 Å². The van der Waals surface area contributed by atoms with Crippen molar-refractivity contribution in [2.75, 3.05) is 40.0 Å². The minimum Gasteiger partial charge on any atom is -0.497 e. The van der Waals surface area contributed by atoms with Gasteiger partial charge in [-0.2, -0.15) is 4.31 Å². The minimum atomic E-state index is -3.51. The summed E-state index contributed by atoms with van der Waals surface area (Å²) in [6.07, 6.45) is 3.37. The standard InChI is InChI=1S/C35H45N3O6S/c1-3-44-25-9-22-36-35(40)33(26-29-10-5-4-6-11-29)38(27-30-12-17-31(43-2)18-13-30)34(39)21-16-28-14-19-32(20-15-28)45(41,42)37-23-7-8-24-37/h4-6,10-15,17-20,33H,3,7-9,16,21-27H2,1-2H3,(H,36,40)/t33-/m0/s1. The quantitative estimate of drug-likeness (QED) is 0.218. The average molecular weight is 636 g/mol. The lowest BCUT2D eigenvalue weighted by Gasteiger charge is -2.32. The summed E-state index contributed by atoms with van der Waals surface area (Å²) < 4.78 is 38.1. The summed E-state index contributed by atoms with van der Waals surface area (Å²) in [5.41, 5.74) is 2.69. The lowest BCUT2D eigenvalue weighted by molar-refractivity contribution is -0.141. The molecule has 0 spiro atoms. The van der Waals surface area contributed by atoms with Crippen molar-refractivity contribution in [3.8, 4) is 5.75 Å². The number of aryl methyl sites for hydroxylation is 1. The van der Waals surface area contributed by atoms with Gasteiger partial charge in [-0.1, -0.05) is 54.6 Å². The van der Waals surface area contributed by atoms with Crippen molar-refractivity contribution in [2.24, 2.45) is 0 Å². The molecule has 1 fully saturated rings. The van der Waals surface area contributed by atoms with E-state index >= 15 is 0 Å². The van der Waals surface area contributed by atoms with E-state index in [2.05, 4.69) is 5.32 Å². The number of amides is 2. The molecule has 1 aliphatic heterocycles. The SMILES string of the molecule is CCOCCCNC(=O)[C@H](Cc1ccccc1)N(Cc1ccc(OC)cc1)C(=O)CCc1ccc(S(=O)(=O)N2CCCC2)cc1. The van der Waals surface area contributed by atoms with E-state index in [1.54, 1.807) is 36.3 Å². The van der Waals surface area contributed by atoms with Gasteiger partial charge >= 0.3 is 0 Å². The summed E-state index contributed by atoms with van der Waals surface area (Å²) >= 11 is 0. The van der Waals surface area contributed by atoms with Gasteiger partial charge in [0, 0.05) is 52.2 Å². The third kappa shape index (κ3) is 9.88. The van der Waals surface area contributed by atoms with Crippen molar-refractivity contribution >= 4 is 21.8 Å². The van der Waals surface area contributed by atoms with Crippen LogP contribution < -0.4 is 10.1 Å². The van der Waals surface area contributed by atoms with Gasteiger partial charge in [0.1, 0.15) is 11.8 Å². The number of nitrogens with one attached hydrogen (secondary N) is 1. The van der Waals surface area contributed by atoms with Crippen LogP contribution in [0.15, 0.2) is 83.8 Å². The van der Waals surface area contributed by atoms with Crippen molar-refractivity contribution < 1.29 is 27.5 Å². The summed E-state index contributed by atoms with van der Waals surface area (Å²) in [7, 11) is -1.90. The molecule has 0 aromatic heterocycles. The average Bonchev–Trinajstić information content (AvgIpc) is 3.62. The molecular formula is C35H45N3O6S. The summed E-state index contributed by atoms with van der Waals surface area (Å²) in [6.45, 7) is 4.89. The topological polar surface area (TPSA) is 105 Å². The third-order valence-electron chi connectivity index (χ3n) is 8.01. The van der Waals surface area contributed by atoms with Crippen molar-refractivity contribution in [2.45, 2.75) is 62.9 Å². The Morgan fingerprint density at radius 2 is 1.58 bits per heavy atom. The molecule has 3 aromatic rings. The van der Waals surface area contributed by atoms with E-state index in [0.29, 0.717) is 57.9 Å². The van der Waals surface area contributed by atoms with Gasteiger partial charge in [-0.05, 0) is 73.6 Å². The van der Waals surface area contributed by atoms with E-state index in [1.165, 1.54) is 4.31 Å². The molecule has 0 aliphatic carbocycles. The van der Waals surface area contributed by atoms with Crippen LogP contribution in [0.3, 0.4) is 0 Å². The van der Waals surface area contributed by atoms with Gasteiger partial charge < -0.3 is 19.7 Å². The second-order valence-corrected chi connectivity index (χ2v) is 13.1. The number of rotatable bonds is 17. The van der Waals surface area contributed by atoms with Crippen LogP contribution in [0.5, 0.6) is 5.75 Å². The molecule has 10 heteroatoms. The molecule has 45 heavy (non-hydrogen) atoms. The van der Waals surface area contributed by atoms with E-state index in [1.807, 2.05) is 61.5 Å². The first-order valence-corrected chi connectivity index (χ1v) is 17.2. The Hall–Kier alpha value is -3.73. The Kier molecular flexibility index (Phi) is 13.0. The number of nitrogens with zero attached hydrogens (tertiary/aromatic N) is 2. The fourth-order valence-corrected chi connectivity index (χ4v) is 6.95. The van der Waals surface area contributed by atoms with Gasteiger partial charge in [0.2, 0.25) is 21.8 Å². The van der Waals surface area contributed by atoms with Crippen LogP contribution in [-0.2, 0) is 43.7 Å². The number of ether oxygens (including phenoxy) is 2. The van der Waals surface area contributed by atoms with Crippen LogP contribution in [0.4, 0.5) is 0 Å². The summed E-state index contributed by atoms with van der Waals surface area (Å²) in [5, 5.41) is 3.02. The summed E-state index contributed by atoms with van der Waals surface area (Å²) in [6, 6.07) is 23.2. The lowest BCUT2D eigenvalue weighted by Crippen LogP contribution is -2.50. The van der Waals surface area contributed by atoms with Crippen LogP contribution in [0.1, 0.15) is 49.3 Å². The maximum atomic E-state index is 14.0. The largest absolute Gasteiger partial charge is 0.497 e. The van der Waals surface area contributed by atoms with Crippen LogP contribution in [0.25, 0.3) is 0 Å². The number of benzene rings is 3. The van der Waals surface area contributed by atoms with E-state index in [9.17, 15) is 18.0 Å². The molecule has 0 bridgehead atoms. The highest BCUT2D eigenvalue weighted by atomic mass is 32.2. The zero-order valence-corrected chi connectivity index (χ0v) is 27.1. The second kappa shape index (κ2) is 17.1. The van der Waals surface area contributed by atoms with E-state index < -0.39 is 16.1 Å². The first-order valence-electron chi connectivity index (χ1n) is 15.7. The van der Waals surface area contributed by atoms with Crippen molar-refractivity contribution in [3.05, 3.63) is 95.6 Å². The maximum Gasteiger partial charge on any atom is 0.243 e. The molecule has 4 rings (SSSR count). The first kappa shape index (κ1) is 34.1. The summed E-state index contributed by atoms with van der Waals surface area (Å²) in [5.74, 6) is 0.332. The van der Waals surface area contributed by atoms with E-state index in [0.717, 1.165) is 29.5 Å². The monoisotopic (exact) mass is 635 g/mol. The number of hydrogen-bond acceptors (Lipinski definition) is 6. The Labute approximate surface area is 267 Å².